The standard InChI is InChI=1S/C31H34N4O5/c1-5-39-28-17-22(11-13-27(28)40-20(2)3)29(35(32)25-12-10-23-18-33-15-14-21(23)16-25)30(36)34-19-24-8-6-7-9-26(24)31(37)38-4/h6-18,20,29H,5,19,32H2,1-4H3,(H,34,36). The van der Waals surface area contributed by atoms with Gasteiger partial charge in [0.15, 0.2) is 11.5 Å². The van der Waals surface area contributed by atoms with Crippen LogP contribution in [0.2, 0.25) is 0 Å². The van der Waals surface area contributed by atoms with Crippen LogP contribution in [0.15, 0.2) is 79.1 Å². The molecule has 1 unspecified atom stereocenters. The number of hydrogen-bond donors (Lipinski definition) is 2. The summed E-state index contributed by atoms with van der Waals surface area (Å²) >= 11 is 0. The molecular formula is C31H34N4O5. The predicted molar refractivity (Wildman–Crippen MR) is 154 cm³/mol. The summed E-state index contributed by atoms with van der Waals surface area (Å²) in [4.78, 5) is 30.3. The number of methoxy groups -OCH3 is 1. The maximum Gasteiger partial charge on any atom is 0.338 e. The third-order valence-corrected chi connectivity index (χ3v) is 6.27. The number of nitrogens with zero attached hydrogens (tertiary/aromatic N) is 2. The summed E-state index contributed by atoms with van der Waals surface area (Å²) in [5.41, 5.74) is 2.24. The van der Waals surface area contributed by atoms with Crippen LogP contribution in [-0.4, -0.2) is 36.7 Å². The lowest BCUT2D eigenvalue weighted by Gasteiger charge is -2.30. The maximum atomic E-state index is 13.8. The first-order chi connectivity index (χ1) is 19.3. The van der Waals surface area contributed by atoms with Crippen molar-refractivity contribution in [2.75, 3.05) is 18.7 Å². The minimum Gasteiger partial charge on any atom is -0.490 e. The summed E-state index contributed by atoms with van der Waals surface area (Å²) in [6.45, 7) is 6.27. The van der Waals surface area contributed by atoms with Crippen molar-refractivity contribution < 1.29 is 23.8 Å². The lowest BCUT2D eigenvalue weighted by molar-refractivity contribution is -0.122. The van der Waals surface area contributed by atoms with Gasteiger partial charge in [-0.05, 0) is 73.7 Å². The van der Waals surface area contributed by atoms with Crippen LogP contribution in [-0.2, 0) is 16.1 Å². The molecule has 0 aliphatic rings. The van der Waals surface area contributed by atoms with Gasteiger partial charge in [0.05, 0.1) is 31.1 Å². The van der Waals surface area contributed by atoms with E-state index in [1.54, 1.807) is 54.9 Å². The number of rotatable bonds is 11. The highest BCUT2D eigenvalue weighted by atomic mass is 16.5. The second-order valence-corrected chi connectivity index (χ2v) is 9.39. The van der Waals surface area contributed by atoms with Crippen molar-refractivity contribution in [2.45, 2.75) is 39.5 Å². The van der Waals surface area contributed by atoms with E-state index in [2.05, 4.69) is 10.3 Å². The highest BCUT2D eigenvalue weighted by molar-refractivity contribution is 5.92. The molecule has 0 bridgehead atoms. The zero-order chi connectivity index (χ0) is 28.6. The Morgan fingerprint density at radius 3 is 2.55 bits per heavy atom. The molecule has 3 aromatic carbocycles. The molecule has 1 atom stereocenters. The Balaban J connectivity index is 1.72. The number of carbonyl (C=O) groups is 2. The fraction of sp³-hybridized carbons (Fsp3) is 0.258. The van der Waals surface area contributed by atoms with Crippen LogP contribution in [0.4, 0.5) is 5.69 Å². The normalized spacial score (nSPS) is 11.7. The molecule has 0 saturated heterocycles. The Bertz CT molecular complexity index is 1490. The number of hydrogen-bond acceptors (Lipinski definition) is 8. The van der Waals surface area contributed by atoms with E-state index in [1.807, 2.05) is 45.0 Å². The van der Waals surface area contributed by atoms with Crippen LogP contribution in [0, 0.1) is 0 Å². The minimum atomic E-state index is -0.933. The zero-order valence-corrected chi connectivity index (χ0v) is 23.1. The molecule has 40 heavy (non-hydrogen) atoms. The van der Waals surface area contributed by atoms with Crippen molar-refractivity contribution in [3.05, 3.63) is 95.8 Å². The van der Waals surface area contributed by atoms with Gasteiger partial charge in [-0.2, -0.15) is 0 Å². The average molecular weight is 543 g/mol. The summed E-state index contributed by atoms with van der Waals surface area (Å²) in [5, 5.41) is 6.27. The van der Waals surface area contributed by atoms with E-state index in [4.69, 9.17) is 20.1 Å². The Labute approximate surface area is 233 Å². The molecule has 0 radical (unpaired) electrons. The molecule has 3 N–H and O–H groups in total. The van der Waals surface area contributed by atoms with E-state index >= 15 is 0 Å². The molecule has 9 heteroatoms. The fourth-order valence-corrected chi connectivity index (χ4v) is 4.40. The number of hydrazine groups is 1. The van der Waals surface area contributed by atoms with Gasteiger partial charge in [0.1, 0.15) is 6.04 Å². The molecule has 1 amide bonds. The monoisotopic (exact) mass is 542 g/mol. The second kappa shape index (κ2) is 12.9. The first-order valence-corrected chi connectivity index (χ1v) is 13.1. The Kier molecular flexibility index (Phi) is 9.19. The van der Waals surface area contributed by atoms with E-state index in [0.717, 1.165) is 10.8 Å². The topological polar surface area (TPSA) is 116 Å². The van der Waals surface area contributed by atoms with Crippen molar-refractivity contribution in [1.29, 1.82) is 0 Å². The van der Waals surface area contributed by atoms with Crippen LogP contribution in [0.5, 0.6) is 11.5 Å². The Morgan fingerprint density at radius 1 is 1.00 bits per heavy atom. The number of nitrogens with one attached hydrogen (secondary N) is 1. The summed E-state index contributed by atoms with van der Waals surface area (Å²) in [5.74, 6) is 6.94. The lowest BCUT2D eigenvalue weighted by atomic mass is 10.0. The van der Waals surface area contributed by atoms with Gasteiger partial charge in [0, 0.05) is 24.3 Å². The first kappa shape index (κ1) is 28.4. The molecule has 0 spiro atoms. The van der Waals surface area contributed by atoms with Crippen molar-refractivity contribution in [3.8, 4) is 11.5 Å². The lowest BCUT2D eigenvalue weighted by Crippen LogP contribution is -2.44. The molecule has 0 aliphatic heterocycles. The van der Waals surface area contributed by atoms with Gasteiger partial charge in [-0.15, -0.1) is 0 Å². The number of nitrogens with two attached hydrogens (primary N) is 1. The smallest absolute Gasteiger partial charge is 0.338 e. The quantitative estimate of drug-likeness (QED) is 0.155. The number of ether oxygens (including phenoxy) is 3. The van der Waals surface area contributed by atoms with E-state index in [-0.39, 0.29) is 18.6 Å². The Hall–Kier alpha value is -4.63. The Morgan fingerprint density at radius 2 is 1.80 bits per heavy atom. The number of fused-ring (bicyclic) bond motifs is 1. The fourth-order valence-electron chi connectivity index (χ4n) is 4.40. The van der Waals surface area contributed by atoms with Gasteiger partial charge >= 0.3 is 5.97 Å². The number of aromatic nitrogens is 1. The summed E-state index contributed by atoms with van der Waals surface area (Å²) < 4.78 is 16.7. The zero-order valence-electron chi connectivity index (χ0n) is 23.1. The van der Waals surface area contributed by atoms with Crippen molar-refractivity contribution in [2.24, 2.45) is 5.84 Å². The molecule has 0 fully saturated rings. The third-order valence-electron chi connectivity index (χ3n) is 6.27. The molecule has 1 aromatic heterocycles. The highest BCUT2D eigenvalue weighted by Gasteiger charge is 2.28. The molecule has 1 heterocycles. The molecule has 208 valence electrons. The number of amides is 1. The highest BCUT2D eigenvalue weighted by Crippen LogP contribution is 2.34. The van der Waals surface area contributed by atoms with Gasteiger partial charge in [-0.3, -0.25) is 14.8 Å². The van der Waals surface area contributed by atoms with Gasteiger partial charge in [-0.25, -0.2) is 10.6 Å². The molecule has 0 saturated carbocycles. The minimum absolute atomic E-state index is 0.0582. The summed E-state index contributed by atoms with van der Waals surface area (Å²) in [6, 6.07) is 18.9. The first-order valence-electron chi connectivity index (χ1n) is 13.1. The van der Waals surface area contributed by atoms with Gasteiger partial charge < -0.3 is 19.5 Å². The molecule has 9 nitrogen and oxygen atoms in total. The van der Waals surface area contributed by atoms with E-state index in [1.165, 1.54) is 12.1 Å². The van der Waals surface area contributed by atoms with Crippen LogP contribution >= 0.6 is 0 Å². The molecule has 0 aliphatic carbocycles. The summed E-state index contributed by atoms with van der Waals surface area (Å²) in [6.07, 6.45) is 3.42. The van der Waals surface area contributed by atoms with Gasteiger partial charge in [0.25, 0.3) is 0 Å². The molecular weight excluding hydrogens is 508 g/mol. The number of esters is 1. The van der Waals surface area contributed by atoms with Crippen LogP contribution in [0.3, 0.4) is 0 Å². The number of pyridine rings is 1. The average Bonchev–Trinajstić information content (AvgIpc) is 2.96. The summed E-state index contributed by atoms with van der Waals surface area (Å²) in [7, 11) is 1.32. The van der Waals surface area contributed by atoms with Crippen molar-refractivity contribution >= 4 is 28.3 Å². The van der Waals surface area contributed by atoms with Crippen molar-refractivity contribution in [1.82, 2.24) is 10.3 Å². The van der Waals surface area contributed by atoms with Crippen molar-refractivity contribution in [3.63, 3.8) is 0 Å². The van der Waals surface area contributed by atoms with E-state index in [9.17, 15) is 9.59 Å². The number of anilines is 1. The SMILES string of the molecule is CCOc1cc(C(C(=O)NCc2ccccc2C(=O)OC)N(N)c2ccc3cnccc3c2)ccc1OC(C)C. The number of carbonyl (C=O) groups excluding carboxylic acids is 2. The largest absolute Gasteiger partial charge is 0.490 e. The second-order valence-electron chi connectivity index (χ2n) is 9.39. The third kappa shape index (κ3) is 6.50. The predicted octanol–water partition coefficient (Wildman–Crippen LogP) is 4.95. The van der Waals surface area contributed by atoms with E-state index in [0.29, 0.717) is 40.5 Å². The van der Waals surface area contributed by atoms with Crippen LogP contribution < -0.4 is 25.6 Å². The van der Waals surface area contributed by atoms with Gasteiger partial charge in [0.2, 0.25) is 5.91 Å². The van der Waals surface area contributed by atoms with Gasteiger partial charge in [-0.1, -0.05) is 30.3 Å². The van der Waals surface area contributed by atoms with E-state index < -0.39 is 12.0 Å². The van der Waals surface area contributed by atoms with Crippen LogP contribution in [0.25, 0.3) is 10.8 Å². The molecule has 4 aromatic rings. The maximum absolute atomic E-state index is 13.8. The number of benzene rings is 3. The molecule has 4 rings (SSSR count). The van der Waals surface area contributed by atoms with Crippen LogP contribution in [0.1, 0.15) is 48.3 Å².